The third-order valence-electron chi connectivity index (χ3n) is 4.36. The van der Waals surface area contributed by atoms with Crippen LogP contribution in [0.1, 0.15) is 31.2 Å². The lowest BCUT2D eigenvalue weighted by molar-refractivity contribution is 0.508. The minimum atomic E-state index is -3.39. The fourth-order valence-electron chi connectivity index (χ4n) is 2.56. The van der Waals surface area contributed by atoms with Gasteiger partial charge in [-0.05, 0) is 24.6 Å². The average Bonchev–Trinajstić information content (AvgIpc) is 3.14. The number of nitrogens with zero attached hydrogens (tertiary/aromatic N) is 2. The lowest BCUT2D eigenvalue weighted by atomic mass is 9.85. The van der Waals surface area contributed by atoms with Gasteiger partial charge in [-0.3, -0.25) is 0 Å². The van der Waals surface area contributed by atoms with E-state index in [1.165, 1.54) is 35.3 Å². The van der Waals surface area contributed by atoms with Crippen LogP contribution in [0.15, 0.2) is 51.7 Å². The first kappa shape index (κ1) is 22.4. The van der Waals surface area contributed by atoms with Crippen LogP contribution in [0.3, 0.4) is 0 Å². The highest BCUT2D eigenvalue weighted by Gasteiger charge is 2.21. The highest BCUT2D eigenvalue weighted by Crippen LogP contribution is 2.24. The highest BCUT2D eigenvalue weighted by atomic mass is 32.2. The van der Waals surface area contributed by atoms with Gasteiger partial charge in [-0.25, -0.2) is 17.7 Å². The van der Waals surface area contributed by atoms with Gasteiger partial charge < -0.3 is 10.6 Å². The molecule has 0 aliphatic carbocycles. The fourth-order valence-corrected chi connectivity index (χ4v) is 5.01. The van der Waals surface area contributed by atoms with E-state index in [1.807, 2.05) is 31.2 Å². The Kier molecular flexibility index (Phi) is 7.63. The summed E-state index contributed by atoms with van der Waals surface area (Å²) < 4.78 is 26.0. The summed E-state index contributed by atoms with van der Waals surface area (Å²) in [5.41, 5.74) is 1.21. The Bertz CT molecular complexity index is 888. The number of nitrogens with one attached hydrogen (secondary N) is 2. The van der Waals surface area contributed by atoms with Crippen LogP contribution in [0.5, 0.6) is 0 Å². The van der Waals surface area contributed by atoms with Gasteiger partial charge in [0.15, 0.2) is 5.96 Å². The molecule has 2 N–H and O–H groups in total. The molecule has 0 fully saturated rings. The topological polar surface area (TPSA) is 73.8 Å². The third-order valence-corrected chi connectivity index (χ3v) is 7.71. The Hall–Kier alpha value is -1.90. The van der Waals surface area contributed by atoms with Crippen molar-refractivity contribution in [2.24, 2.45) is 4.99 Å². The van der Waals surface area contributed by atoms with Crippen molar-refractivity contribution in [1.82, 2.24) is 14.9 Å². The maximum atomic E-state index is 12.2. The number of aliphatic imine (C=N–C) groups is 1. The predicted octanol–water partition coefficient (Wildman–Crippen LogP) is 3.03. The molecule has 0 spiro atoms. The Labute approximate surface area is 172 Å². The van der Waals surface area contributed by atoms with Gasteiger partial charge in [0.05, 0.1) is 6.54 Å². The number of rotatable bonds is 8. The van der Waals surface area contributed by atoms with E-state index >= 15 is 0 Å². The van der Waals surface area contributed by atoms with Crippen molar-refractivity contribution in [3.05, 3.63) is 52.9 Å². The van der Waals surface area contributed by atoms with Crippen LogP contribution in [0.2, 0.25) is 0 Å². The summed E-state index contributed by atoms with van der Waals surface area (Å²) in [4.78, 5) is 5.52. The largest absolute Gasteiger partial charge is 0.357 e. The second-order valence-corrected chi connectivity index (χ2v) is 10.9. The molecule has 2 aromatic rings. The van der Waals surface area contributed by atoms with E-state index in [2.05, 4.69) is 41.6 Å². The van der Waals surface area contributed by atoms with Gasteiger partial charge in [0, 0.05) is 37.5 Å². The van der Waals surface area contributed by atoms with Crippen molar-refractivity contribution in [2.45, 2.75) is 36.9 Å². The van der Waals surface area contributed by atoms with Crippen LogP contribution in [0.25, 0.3) is 0 Å². The lowest BCUT2D eigenvalue weighted by Crippen LogP contribution is -2.43. The van der Waals surface area contributed by atoms with Gasteiger partial charge in [-0.2, -0.15) is 0 Å². The van der Waals surface area contributed by atoms with E-state index in [4.69, 9.17) is 0 Å². The molecule has 1 heterocycles. The second-order valence-electron chi connectivity index (χ2n) is 7.31. The van der Waals surface area contributed by atoms with E-state index in [-0.39, 0.29) is 5.41 Å². The average molecular weight is 423 g/mol. The minimum absolute atomic E-state index is 0.0483. The molecule has 0 atom stereocenters. The zero-order valence-corrected chi connectivity index (χ0v) is 18.8. The van der Waals surface area contributed by atoms with Crippen molar-refractivity contribution in [3.8, 4) is 0 Å². The molecule has 8 heteroatoms. The van der Waals surface area contributed by atoms with Crippen molar-refractivity contribution in [2.75, 3.05) is 27.2 Å². The molecule has 0 aliphatic rings. The quantitative estimate of drug-likeness (QED) is 0.507. The van der Waals surface area contributed by atoms with Crippen LogP contribution in [-0.2, 0) is 22.0 Å². The zero-order chi connectivity index (χ0) is 20.8. The molecular formula is C20H30N4O2S2. The zero-order valence-electron chi connectivity index (χ0n) is 17.2. The molecule has 1 aromatic carbocycles. The number of guanidine groups is 1. The highest BCUT2D eigenvalue weighted by molar-refractivity contribution is 7.91. The van der Waals surface area contributed by atoms with Crippen molar-refractivity contribution in [3.63, 3.8) is 0 Å². The summed E-state index contributed by atoms with van der Waals surface area (Å²) in [6.07, 6.45) is 0. The van der Waals surface area contributed by atoms with E-state index in [1.54, 1.807) is 6.07 Å². The summed E-state index contributed by atoms with van der Waals surface area (Å²) >= 11 is 1.26. The molecule has 0 aliphatic heterocycles. The van der Waals surface area contributed by atoms with Crippen molar-refractivity contribution in [1.29, 1.82) is 0 Å². The molecule has 0 saturated heterocycles. The number of benzene rings is 1. The standard InChI is InChI=1S/C20H30N4O2S2/c1-6-21-19(23-15-20(2,3)16-10-8-7-9-11-16)22-14-17-12-13-18(27-17)28(25,26)24(4)5/h7-13H,6,14-15H2,1-5H3,(H2,21,22,23). The Morgan fingerprint density at radius 3 is 2.39 bits per heavy atom. The summed E-state index contributed by atoms with van der Waals surface area (Å²) in [6.45, 7) is 8.31. The first-order chi connectivity index (χ1) is 13.2. The first-order valence-electron chi connectivity index (χ1n) is 9.26. The normalized spacial score (nSPS) is 13.0. The molecule has 0 saturated carbocycles. The monoisotopic (exact) mass is 422 g/mol. The number of sulfonamides is 1. The van der Waals surface area contributed by atoms with Gasteiger partial charge in [-0.15, -0.1) is 11.3 Å². The van der Waals surface area contributed by atoms with Gasteiger partial charge >= 0.3 is 0 Å². The minimum Gasteiger partial charge on any atom is -0.357 e. The molecule has 0 unspecified atom stereocenters. The Morgan fingerprint density at radius 2 is 1.79 bits per heavy atom. The second kappa shape index (κ2) is 9.54. The number of hydrogen-bond acceptors (Lipinski definition) is 4. The molecule has 1 aromatic heterocycles. The van der Waals surface area contributed by atoms with Gasteiger partial charge in [0.2, 0.25) is 0 Å². The molecule has 2 rings (SSSR count). The van der Waals surface area contributed by atoms with Crippen molar-refractivity contribution >= 4 is 27.3 Å². The number of thiophene rings is 1. The van der Waals surface area contributed by atoms with Gasteiger partial charge in [0.1, 0.15) is 4.21 Å². The van der Waals surface area contributed by atoms with Crippen LogP contribution in [0.4, 0.5) is 0 Å². The maximum absolute atomic E-state index is 12.2. The van der Waals surface area contributed by atoms with E-state index in [9.17, 15) is 8.42 Å². The smallest absolute Gasteiger partial charge is 0.252 e. The summed E-state index contributed by atoms with van der Waals surface area (Å²) in [6, 6.07) is 13.8. The summed E-state index contributed by atoms with van der Waals surface area (Å²) in [5.74, 6) is 0.719. The Balaban J connectivity index is 2.06. The van der Waals surface area contributed by atoms with Crippen LogP contribution >= 0.6 is 11.3 Å². The molecule has 6 nitrogen and oxygen atoms in total. The summed E-state index contributed by atoms with van der Waals surface area (Å²) in [5, 5.41) is 6.65. The van der Waals surface area contributed by atoms with Gasteiger partial charge in [0.25, 0.3) is 10.0 Å². The molecule has 28 heavy (non-hydrogen) atoms. The SMILES string of the molecule is CCNC(=NCc1ccc(S(=O)(=O)N(C)C)s1)NCC(C)(C)c1ccccc1. The summed E-state index contributed by atoms with van der Waals surface area (Å²) in [7, 11) is -0.320. The molecular weight excluding hydrogens is 392 g/mol. The predicted molar refractivity (Wildman–Crippen MR) is 117 cm³/mol. The lowest BCUT2D eigenvalue weighted by Gasteiger charge is -2.26. The molecule has 0 bridgehead atoms. The third kappa shape index (κ3) is 5.80. The Morgan fingerprint density at radius 1 is 1.11 bits per heavy atom. The molecule has 154 valence electrons. The van der Waals surface area contributed by atoms with E-state index < -0.39 is 10.0 Å². The van der Waals surface area contributed by atoms with E-state index in [0.717, 1.165) is 23.9 Å². The van der Waals surface area contributed by atoms with Gasteiger partial charge in [-0.1, -0.05) is 44.2 Å². The fraction of sp³-hybridized carbons (Fsp3) is 0.450. The van der Waals surface area contributed by atoms with Crippen LogP contribution in [-0.4, -0.2) is 45.9 Å². The van der Waals surface area contributed by atoms with E-state index in [0.29, 0.717) is 10.8 Å². The van der Waals surface area contributed by atoms with Crippen LogP contribution < -0.4 is 10.6 Å². The number of hydrogen-bond donors (Lipinski definition) is 2. The first-order valence-corrected chi connectivity index (χ1v) is 11.5. The van der Waals surface area contributed by atoms with Crippen molar-refractivity contribution < 1.29 is 8.42 Å². The van der Waals surface area contributed by atoms with Crippen LogP contribution in [0, 0.1) is 0 Å². The molecule has 0 amide bonds. The molecule has 0 radical (unpaired) electrons. The maximum Gasteiger partial charge on any atom is 0.252 e.